The predicted octanol–water partition coefficient (Wildman–Crippen LogP) is 3.46. The van der Waals surface area contributed by atoms with E-state index in [1.54, 1.807) is 13.3 Å². The zero-order valence-corrected chi connectivity index (χ0v) is 22.0. The first-order valence-corrected chi connectivity index (χ1v) is 11.1. The number of nitrogens with one attached hydrogen (secondary N) is 2. The van der Waals surface area contributed by atoms with E-state index in [-0.39, 0.29) is 30.1 Å². The first kappa shape index (κ1) is 27.1. The monoisotopic (exact) mass is 570 g/mol. The molecule has 182 valence electrons. The van der Waals surface area contributed by atoms with Gasteiger partial charge in [-0.25, -0.2) is 9.98 Å². The lowest BCUT2D eigenvalue weighted by molar-refractivity contribution is 0.140. The van der Waals surface area contributed by atoms with Crippen LogP contribution in [-0.2, 0) is 22.6 Å². The van der Waals surface area contributed by atoms with Gasteiger partial charge in [-0.05, 0) is 31.5 Å². The SMILES string of the molecule is CCNC(=NCc1cccnc1OCCOC)NCc1ccc(C)cc1OC1CCOC1.I. The van der Waals surface area contributed by atoms with E-state index in [1.165, 1.54) is 5.56 Å². The van der Waals surface area contributed by atoms with Gasteiger partial charge in [0.15, 0.2) is 5.96 Å². The average molecular weight is 570 g/mol. The molecule has 2 aromatic rings. The summed E-state index contributed by atoms with van der Waals surface area (Å²) in [6.45, 7) is 8.27. The van der Waals surface area contributed by atoms with Gasteiger partial charge in [-0.3, -0.25) is 0 Å². The fourth-order valence-electron chi connectivity index (χ4n) is 3.28. The van der Waals surface area contributed by atoms with Crippen LogP contribution in [0, 0.1) is 6.92 Å². The third-order valence-corrected chi connectivity index (χ3v) is 4.98. The molecule has 1 unspecified atom stereocenters. The van der Waals surface area contributed by atoms with Crippen molar-refractivity contribution in [2.24, 2.45) is 4.99 Å². The maximum atomic E-state index is 6.21. The first-order valence-electron chi connectivity index (χ1n) is 11.1. The molecule has 2 heterocycles. The number of hydrogen-bond donors (Lipinski definition) is 2. The molecule has 1 fully saturated rings. The number of halogens is 1. The Bertz CT molecular complexity index is 875. The number of nitrogens with zero attached hydrogens (tertiary/aromatic N) is 2. The number of aromatic nitrogens is 1. The van der Waals surface area contributed by atoms with Gasteiger partial charge in [0.05, 0.1) is 26.4 Å². The highest BCUT2D eigenvalue weighted by Gasteiger charge is 2.19. The Morgan fingerprint density at radius 1 is 1.21 bits per heavy atom. The number of rotatable bonds is 11. The zero-order chi connectivity index (χ0) is 22.6. The fraction of sp³-hybridized carbons (Fsp3) is 0.500. The summed E-state index contributed by atoms with van der Waals surface area (Å²) in [4.78, 5) is 9.04. The summed E-state index contributed by atoms with van der Waals surface area (Å²) in [5, 5.41) is 6.71. The standard InChI is InChI=1S/C24H34N4O4.HI/c1-4-25-24(28-16-20-6-5-10-26-23(20)31-13-12-29-3)27-15-19-8-7-18(2)14-22(19)32-21-9-11-30-17-21;/h5-8,10,14,21H,4,9,11-13,15-17H2,1-3H3,(H2,25,27,28);1H. The minimum atomic E-state index is 0. The van der Waals surface area contributed by atoms with E-state index in [0.717, 1.165) is 42.4 Å². The maximum Gasteiger partial charge on any atom is 0.218 e. The largest absolute Gasteiger partial charge is 0.488 e. The first-order chi connectivity index (χ1) is 15.7. The van der Waals surface area contributed by atoms with Crippen molar-refractivity contribution in [3.8, 4) is 11.6 Å². The normalized spacial score (nSPS) is 15.6. The molecular weight excluding hydrogens is 535 g/mol. The Balaban J connectivity index is 0.00000385. The van der Waals surface area contributed by atoms with Crippen molar-refractivity contribution < 1.29 is 18.9 Å². The van der Waals surface area contributed by atoms with Crippen LogP contribution in [0.2, 0.25) is 0 Å². The van der Waals surface area contributed by atoms with E-state index in [4.69, 9.17) is 23.9 Å². The molecule has 0 bridgehead atoms. The predicted molar refractivity (Wildman–Crippen MR) is 140 cm³/mol. The van der Waals surface area contributed by atoms with Crippen molar-refractivity contribution in [1.82, 2.24) is 15.6 Å². The molecule has 8 nitrogen and oxygen atoms in total. The second-order valence-corrected chi connectivity index (χ2v) is 7.57. The molecule has 1 atom stereocenters. The van der Waals surface area contributed by atoms with Crippen molar-refractivity contribution in [1.29, 1.82) is 0 Å². The van der Waals surface area contributed by atoms with Gasteiger partial charge < -0.3 is 29.6 Å². The van der Waals surface area contributed by atoms with Crippen LogP contribution in [0.5, 0.6) is 11.6 Å². The minimum Gasteiger partial charge on any atom is -0.488 e. The maximum absolute atomic E-state index is 6.21. The minimum absolute atomic E-state index is 0. The smallest absolute Gasteiger partial charge is 0.218 e. The number of guanidine groups is 1. The van der Waals surface area contributed by atoms with Crippen LogP contribution in [0.15, 0.2) is 41.5 Å². The van der Waals surface area contributed by atoms with E-state index < -0.39 is 0 Å². The summed E-state index contributed by atoms with van der Waals surface area (Å²) >= 11 is 0. The van der Waals surface area contributed by atoms with Gasteiger partial charge in [0.2, 0.25) is 5.88 Å². The Hall–Kier alpha value is -2.11. The van der Waals surface area contributed by atoms with Crippen molar-refractivity contribution in [2.45, 2.75) is 39.5 Å². The van der Waals surface area contributed by atoms with Crippen molar-refractivity contribution in [3.05, 3.63) is 53.2 Å². The second kappa shape index (κ2) is 14.9. The van der Waals surface area contributed by atoms with Gasteiger partial charge in [-0.15, -0.1) is 24.0 Å². The van der Waals surface area contributed by atoms with Gasteiger partial charge in [0.1, 0.15) is 18.5 Å². The summed E-state index contributed by atoms with van der Waals surface area (Å²) in [5.41, 5.74) is 3.17. The van der Waals surface area contributed by atoms with Crippen LogP contribution >= 0.6 is 24.0 Å². The molecule has 0 spiro atoms. The molecule has 2 N–H and O–H groups in total. The van der Waals surface area contributed by atoms with Gasteiger partial charge in [-0.2, -0.15) is 0 Å². The van der Waals surface area contributed by atoms with Crippen LogP contribution in [0.4, 0.5) is 0 Å². The molecule has 1 aromatic carbocycles. The number of hydrogen-bond acceptors (Lipinski definition) is 6. The lowest BCUT2D eigenvalue weighted by Crippen LogP contribution is -2.37. The molecule has 9 heteroatoms. The van der Waals surface area contributed by atoms with E-state index in [0.29, 0.717) is 38.8 Å². The van der Waals surface area contributed by atoms with Gasteiger partial charge in [0, 0.05) is 43.9 Å². The number of pyridine rings is 1. The Morgan fingerprint density at radius 2 is 2.09 bits per heavy atom. The van der Waals surface area contributed by atoms with Crippen LogP contribution in [0.3, 0.4) is 0 Å². The molecule has 1 aliphatic heterocycles. The third kappa shape index (κ3) is 8.98. The molecule has 3 rings (SSSR count). The van der Waals surface area contributed by atoms with Gasteiger partial charge in [0.25, 0.3) is 0 Å². The van der Waals surface area contributed by atoms with E-state index >= 15 is 0 Å². The number of ether oxygens (including phenoxy) is 4. The quantitative estimate of drug-likeness (QED) is 0.185. The molecule has 1 aromatic heterocycles. The molecule has 1 aliphatic rings. The number of benzene rings is 1. The molecule has 0 radical (unpaired) electrons. The summed E-state index contributed by atoms with van der Waals surface area (Å²) in [6, 6.07) is 10.1. The lowest BCUT2D eigenvalue weighted by Gasteiger charge is -2.18. The topological polar surface area (TPSA) is 86.2 Å². The number of methoxy groups -OCH3 is 1. The van der Waals surface area contributed by atoms with Crippen LogP contribution in [0.25, 0.3) is 0 Å². The molecule has 0 aliphatic carbocycles. The number of aryl methyl sites for hydroxylation is 1. The third-order valence-electron chi connectivity index (χ3n) is 4.98. The summed E-state index contributed by atoms with van der Waals surface area (Å²) in [7, 11) is 1.65. The highest BCUT2D eigenvalue weighted by molar-refractivity contribution is 14.0. The Labute approximate surface area is 213 Å². The Kier molecular flexibility index (Phi) is 12.3. The molecule has 0 saturated carbocycles. The van der Waals surface area contributed by atoms with Gasteiger partial charge in [-0.1, -0.05) is 18.2 Å². The number of aliphatic imine (C=N–C) groups is 1. The van der Waals surface area contributed by atoms with Crippen LogP contribution < -0.4 is 20.1 Å². The highest BCUT2D eigenvalue weighted by Crippen LogP contribution is 2.24. The summed E-state index contributed by atoms with van der Waals surface area (Å²) in [5.74, 6) is 2.19. The summed E-state index contributed by atoms with van der Waals surface area (Å²) in [6.07, 6.45) is 2.75. The van der Waals surface area contributed by atoms with Crippen molar-refractivity contribution in [2.75, 3.05) is 40.1 Å². The van der Waals surface area contributed by atoms with Gasteiger partial charge >= 0.3 is 0 Å². The molecular formula is C24H35IN4O4. The highest BCUT2D eigenvalue weighted by atomic mass is 127. The average Bonchev–Trinajstić information content (AvgIpc) is 3.31. The van der Waals surface area contributed by atoms with Crippen LogP contribution in [-0.4, -0.2) is 57.1 Å². The van der Waals surface area contributed by atoms with E-state index in [1.807, 2.05) is 19.1 Å². The Morgan fingerprint density at radius 3 is 2.85 bits per heavy atom. The van der Waals surface area contributed by atoms with E-state index in [2.05, 4.69) is 40.7 Å². The molecule has 1 saturated heterocycles. The van der Waals surface area contributed by atoms with E-state index in [9.17, 15) is 0 Å². The molecule has 0 amide bonds. The lowest BCUT2D eigenvalue weighted by atomic mass is 10.1. The van der Waals surface area contributed by atoms with Crippen LogP contribution in [0.1, 0.15) is 30.0 Å². The fourth-order valence-corrected chi connectivity index (χ4v) is 3.28. The zero-order valence-electron chi connectivity index (χ0n) is 19.6. The molecule has 33 heavy (non-hydrogen) atoms. The second-order valence-electron chi connectivity index (χ2n) is 7.57. The summed E-state index contributed by atoms with van der Waals surface area (Å²) < 4.78 is 22.4. The van der Waals surface area contributed by atoms with Crippen molar-refractivity contribution >= 4 is 29.9 Å². The van der Waals surface area contributed by atoms with Crippen molar-refractivity contribution in [3.63, 3.8) is 0 Å².